The van der Waals surface area contributed by atoms with Crippen LogP contribution in [0.3, 0.4) is 0 Å². The lowest BCUT2D eigenvalue weighted by Gasteiger charge is -2.07. The number of nitrogens with two attached hydrogens (primary N) is 1. The van der Waals surface area contributed by atoms with E-state index in [1.807, 2.05) is 0 Å². The average Bonchev–Trinajstić information content (AvgIpc) is 3.05. The molecule has 0 saturated heterocycles. The molecule has 136 valence electrons. The summed E-state index contributed by atoms with van der Waals surface area (Å²) in [4.78, 5) is 15.9. The first kappa shape index (κ1) is 19.4. The zero-order valence-electron chi connectivity index (χ0n) is 15.0. The molecule has 0 aliphatic carbocycles. The van der Waals surface area contributed by atoms with E-state index >= 15 is 0 Å². The van der Waals surface area contributed by atoms with Crippen molar-refractivity contribution in [2.75, 3.05) is 13.1 Å². The lowest BCUT2D eigenvalue weighted by molar-refractivity contribution is 0.151. The Morgan fingerprint density at radius 3 is 2.72 bits per heavy atom. The van der Waals surface area contributed by atoms with Gasteiger partial charge < -0.3 is 15.8 Å². The Morgan fingerprint density at radius 1 is 1.28 bits per heavy atom. The Labute approximate surface area is 153 Å². The molecular weight excluding hydrogens is 334 g/mol. The minimum absolute atomic E-state index is 0.177. The van der Waals surface area contributed by atoms with Gasteiger partial charge in [-0.25, -0.2) is 9.78 Å². The fourth-order valence-corrected chi connectivity index (χ4v) is 3.26. The number of hydrogen-bond donors (Lipinski definition) is 2. The van der Waals surface area contributed by atoms with Gasteiger partial charge >= 0.3 is 6.09 Å². The van der Waals surface area contributed by atoms with Gasteiger partial charge in [-0.05, 0) is 43.8 Å². The summed E-state index contributed by atoms with van der Waals surface area (Å²) < 4.78 is 4.79. The number of aromatic nitrogens is 1. The highest BCUT2D eigenvalue weighted by Crippen LogP contribution is 2.26. The molecule has 0 atom stereocenters. The second-order valence-corrected chi connectivity index (χ2v) is 7.61. The summed E-state index contributed by atoms with van der Waals surface area (Å²) in [6, 6.07) is 8.53. The van der Waals surface area contributed by atoms with Crippen LogP contribution in [0.25, 0.3) is 10.6 Å². The van der Waals surface area contributed by atoms with Crippen molar-refractivity contribution in [3.05, 3.63) is 40.9 Å². The molecule has 0 spiro atoms. The first-order valence-corrected chi connectivity index (χ1v) is 9.53. The fraction of sp³-hybridized carbons (Fsp3) is 0.474. The predicted molar refractivity (Wildman–Crippen MR) is 103 cm³/mol. The number of nitrogens with zero attached hydrogens (tertiary/aromatic N) is 1. The minimum atomic E-state index is -0.765. The number of unbranched alkanes of at least 4 members (excludes halogenated alkanes) is 1. The number of primary amides is 1. The second kappa shape index (κ2) is 10.2. The molecule has 0 radical (unpaired) electrons. The molecule has 1 heterocycles. The van der Waals surface area contributed by atoms with Crippen molar-refractivity contribution in [3.8, 4) is 10.6 Å². The number of benzene rings is 1. The van der Waals surface area contributed by atoms with Crippen molar-refractivity contribution in [1.29, 1.82) is 0 Å². The third-order valence-electron chi connectivity index (χ3n) is 3.73. The maximum atomic E-state index is 10.6. The van der Waals surface area contributed by atoms with E-state index in [-0.39, 0.29) is 6.61 Å². The number of nitrogens with one attached hydrogen (secondary N) is 1. The topological polar surface area (TPSA) is 77.2 Å². The van der Waals surface area contributed by atoms with Crippen molar-refractivity contribution in [3.63, 3.8) is 0 Å². The number of amides is 1. The number of rotatable bonds is 10. The van der Waals surface area contributed by atoms with E-state index in [9.17, 15) is 4.79 Å². The molecular formula is C19H27N3O2S. The molecule has 1 aromatic heterocycles. The second-order valence-electron chi connectivity index (χ2n) is 6.49. The summed E-state index contributed by atoms with van der Waals surface area (Å²) in [6.07, 6.45) is 4.44. The van der Waals surface area contributed by atoms with E-state index in [2.05, 4.69) is 48.4 Å². The number of hydrogen-bond acceptors (Lipinski definition) is 5. The highest BCUT2D eigenvalue weighted by atomic mass is 32.1. The third kappa shape index (κ3) is 7.23. The monoisotopic (exact) mass is 361 g/mol. The van der Waals surface area contributed by atoms with Gasteiger partial charge in [0.25, 0.3) is 0 Å². The number of carbonyl (C=O) groups is 1. The first-order chi connectivity index (χ1) is 12.0. The van der Waals surface area contributed by atoms with Crippen molar-refractivity contribution < 1.29 is 9.53 Å². The molecule has 1 amide bonds. The van der Waals surface area contributed by atoms with Gasteiger partial charge in [-0.2, -0.15) is 0 Å². The zero-order valence-corrected chi connectivity index (χ0v) is 15.8. The maximum absolute atomic E-state index is 10.6. The summed E-state index contributed by atoms with van der Waals surface area (Å²) in [5.74, 6) is 0.710. The first-order valence-electron chi connectivity index (χ1n) is 8.71. The Kier molecular flexibility index (Phi) is 7.88. The van der Waals surface area contributed by atoms with Gasteiger partial charge in [0.1, 0.15) is 11.6 Å². The van der Waals surface area contributed by atoms with Crippen LogP contribution < -0.4 is 11.1 Å². The Bertz CT molecular complexity index is 653. The van der Waals surface area contributed by atoms with Crippen LogP contribution in [-0.4, -0.2) is 24.2 Å². The predicted octanol–water partition coefficient (Wildman–Crippen LogP) is 3.97. The molecule has 3 N–H and O–H groups in total. The van der Waals surface area contributed by atoms with Gasteiger partial charge in [0.2, 0.25) is 0 Å². The summed E-state index contributed by atoms with van der Waals surface area (Å²) in [6.45, 7) is 6.81. The molecule has 0 fully saturated rings. The zero-order chi connectivity index (χ0) is 18.1. The SMILES string of the molecule is CC(C)CNCCCCc1ccc(-c2ncc(COC(N)=O)s2)cc1. The van der Waals surface area contributed by atoms with Crippen LogP contribution in [0, 0.1) is 5.92 Å². The quantitative estimate of drug-likeness (QED) is 0.628. The van der Waals surface area contributed by atoms with E-state index in [0.29, 0.717) is 5.92 Å². The average molecular weight is 362 g/mol. The van der Waals surface area contributed by atoms with Crippen LogP contribution in [-0.2, 0) is 17.8 Å². The van der Waals surface area contributed by atoms with Gasteiger partial charge in [0.05, 0.1) is 4.88 Å². The molecule has 0 aliphatic rings. The van der Waals surface area contributed by atoms with Crippen molar-refractivity contribution in [2.45, 2.75) is 39.7 Å². The van der Waals surface area contributed by atoms with Crippen LogP contribution in [0.1, 0.15) is 37.1 Å². The van der Waals surface area contributed by atoms with Crippen molar-refractivity contribution in [1.82, 2.24) is 10.3 Å². The largest absolute Gasteiger partial charge is 0.444 e. The van der Waals surface area contributed by atoms with Crippen molar-refractivity contribution in [2.24, 2.45) is 11.7 Å². The lowest BCUT2D eigenvalue weighted by Crippen LogP contribution is -2.20. The molecule has 0 unspecified atom stereocenters. The summed E-state index contributed by atoms with van der Waals surface area (Å²) >= 11 is 1.51. The van der Waals surface area contributed by atoms with Crippen LogP contribution in [0.5, 0.6) is 0 Å². The Hall–Kier alpha value is -1.92. The van der Waals surface area contributed by atoms with Gasteiger partial charge in [0.15, 0.2) is 0 Å². The molecule has 0 saturated carbocycles. The fourth-order valence-electron chi connectivity index (χ4n) is 2.43. The molecule has 0 aliphatic heterocycles. The normalized spacial score (nSPS) is 11.0. The molecule has 5 nitrogen and oxygen atoms in total. The molecule has 2 aromatic rings. The summed E-state index contributed by atoms with van der Waals surface area (Å²) in [7, 11) is 0. The van der Waals surface area contributed by atoms with E-state index in [1.165, 1.54) is 29.7 Å². The number of ether oxygens (including phenoxy) is 1. The molecule has 6 heteroatoms. The summed E-state index contributed by atoms with van der Waals surface area (Å²) in [5.41, 5.74) is 7.40. The van der Waals surface area contributed by atoms with Crippen LogP contribution in [0.2, 0.25) is 0 Å². The van der Waals surface area contributed by atoms with Crippen LogP contribution in [0.15, 0.2) is 30.5 Å². The molecule has 2 rings (SSSR count). The van der Waals surface area contributed by atoms with Crippen molar-refractivity contribution >= 4 is 17.4 Å². The van der Waals surface area contributed by atoms with E-state index < -0.39 is 6.09 Å². The third-order valence-corrected chi connectivity index (χ3v) is 4.75. The lowest BCUT2D eigenvalue weighted by atomic mass is 10.1. The molecule has 1 aromatic carbocycles. The highest BCUT2D eigenvalue weighted by Gasteiger charge is 2.06. The minimum Gasteiger partial charge on any atom is -0.444 e. The van der Waals surface area contributed by atoms with Gasteiger partial charge in [-0.1, -0.05) is 38.1 Å². The Balaban J connectivity index is 1.76. The number of aryl methyl sites for hydroxylation is 1. The van der Waals surface area contributed by atoms with E-state index in [0.717, 1.165) is 35.0 Å². The van der Waals surface area contributed by atoms with Crippen LogP contribution in [0.4, 0.5) is 4.79 Å². The Morgan fingerprint density at radius 2 is 2.04 bits per heavy atom. The smallest absolute Gasteiger partial charge is 0.404 e. The number of thiazole rings is 1. The van der Waals surface area contributed by atoms with Gasteiger partial charge in [-0.15, -0.1) is 11.3 Å². The maximum Gasteiger partial charge on any atom is 0.404 e. The van der Waals surface area contributed by atoms with Gasteiger partial charge in [-0.3, -0.25) is 0 Å². The van der Waals surface area contributed by atoms with Gasteiger partial charge in [0, 0.05) is 11.8 Å². The number of carbonyl (C=O) groups excluding carboxylic acids is 1. The molecule has 0 bridgehead atoms. The van der Waals surface area contributed by atoms with Crippen LogP contribution >= 0.6 is 11.3 Å². The molecule has 25 heavy (non-hydrogen) atoms. The van der Waals surface area contributed by atoms with E-state index in [4.69, 9.17) is 10.5 Å². The van der Waals surface area contributed by atoms with E-state index in [1.54, 1.807) is 6.20 Å². The summed E-state index contributed by atoms with van der Waals surface area (Å²) in [5, 5.41) is 4.40. The highest BCUT2D eigenvalue weighted by molar-refractivity contribution is 7.15. The standard InChI is InChI=1S/C19H27N3O2S/c1-14(2)11-21-10-4-3-5-15-6-8-16(9-7-15)18-22-12-17(25-18)13-24-19(20)23/h6-9,12,14,21H,3-5,10-11,13H2,1-2H3,(H2,20,23).